The average Bonchev–Trinajstić information content (AvgIpc) is 2.91. The van der Waals surface area contributed by atoms with Crippen molar-refractivity contribution in [3.63, 3.8) is 0 Å². The van der Waals surface area contributed by atoms with Gasteiger partial charge in [-0.15, -0.1) is 11.3 Å². The molecule has 17 heavy (non-hydrogen) atoms. The molecule has 1 aliphatic rings. The van der Waals surface area contributed by atoms with Crippen LogP contribution >= 0.6 is 11.3 Å². The van der Waals surface area contributed by atoms with Gasteiger partial charge in [0.1, 0.15) is 0 Å². The largest absolute Gasteiger partial charge is 0.354 e. The van der Waals surface area contributed by atoms with Crippen LogP contribution in [0.25, 0.3) is 0 Å². The zero-order chi connectivity index (χ0) is 12.3. The molecular formula is C12H20N4S. The number of nitrogens with zero attached hydrogens (tertiary/aromatic N) is 3. The summed E-state index contributed by atoms with van der Waals surface area (Å²) in [4.78, 5) is 10.3. The fourth-order valence-electron chi connectivity index (χ4n) is 1.93. The molecule has 1 N–H and O–H groups in total. The van der Waals surface area contributed by atoms with Crippen LogP contribution in [0, 0.1) is 0 Å². The van der Waals surface area contributed by atoms with Crippen molar-refractivity contribution >= 4 is 17.3 Å². The Labute approximate surface area is 107 Å². The number of aliphatic imine (C=N–C) groups is 1. The first-order valence-electron chi connectivity index (χ1n) is 5.88. The molecule has 0 bridgehead atoms. The molecule has 1 aromatic heterocycles. The van der Waals surface area contributed by atoms with E-state index in [2.05, 4.69) is 58.8 Å². The van der Waals surface area contributed by atoms with Crippen LogP contribution in [-0.2, 0) is 0 Å². The fourth-order valence-corrected chi connectivity index (χ4v) is 2.85. The van der Waals surface area contributed by atoms with Crippen molar-refractivity contribution in [3.05, 3.63) is 22.4 Å². The standard InChI is InChI=1S/C12H20N4S/c1-15(2)10(11-5-4-8-17-11)9-14-12-13-6-7-16(12)3/h4-5,8,10H,6-7,9H2,1-3H3,(H,13,14). The molecule has 0 aromatic carbocycles. The highest BCUT2D eigenvalue weighted by Gasteiger charge is 2.18. The molecule has 0 fully saturated rings. The van der Waals surface area contributed by atoms with E-state index in [1.165, 1.54) is 4.88 Å². The van der Waals surface area contributed by atoms with Crippen LogP contribution in [0.4, 0.5) is 0 Å². The van der Waals surface area contributed by atoms with Gasteiger partial charge in [0.05, 0.1) is 12.6 Å². The van der Waals surface area contributed by atoms with Gasteiger partial charge in [0.2, 0.25) is 0 Å². The molecule has 0 aliphatic carbocycles. The smallest absolute Gasteiger partial charge is 0.193 e. The third kappa shape index (κ3) is 2.98. The van der Waals surface area contributed by atoms with E-state index in [0.29, 0.717) is 6.04 Å². The molecule has 0 saturated carbocycles. The Hall–Kier alpha value is -1.07. The lowest BCUT2D eigenvalue weighted by Gasteiger charge is -2.25. The van der Waals surface area contributed by atoms with E-state index in [1.54, 1.807) is 0 Å². The van der Waals surface area contributed by atoms with Gasteiger partial charge < -0.3 is 15.1 Å². The van der Waals surface area contributed by atoms with E-state index >= 15 is 0 Å². The van der Waals surface area contributed by atoms with Gasteiger partial charge in [-0.05, 0) is 25.5 Å². The molecule has 1 atom stereocenters. The Bertz CT molecular complexity index is 372. The van der Waals surface area contributed by atoms with Gasteiger partial charge in [-0.3, -0.25) is 4.99 Å². The Morgan fingerprint density at radius 3 is 2.94 bits per heavy atom. The van der Waals surface area contributed by atoms with Crippen LogP contribution in [0.1, 0.15) is 10.9 Å². The van der Waals surface area contributed by atoms with Gasteiger partial charge in [-0.2, -0.15) is 0 Å². The molecule has 1 aliphatic heterocycles. The lowest BCUT2D eigenvalue weighted by Crippen LogP contribution is -2.40. The van der Waals surface area contributed by atoms with Gasteiger partial charge >= 0.3 is 0 Å². The summed E-state index contributed by atoms with van der Waals surface area (Å²) in [5, 5.41) is 5.57. The molecule has 94 valence electrons. The normalized spacial score (nSPS) is 17.4. The number of guanidine groups is 1. The quantitative estimate of drug-likeness (QED) is 0.875. The summed E-state index contributed by atoms with van der Waals surface area (Å²) >= 11 is 1.81. The lowest BCUT2D eigenvalue weighted by atomic mass is 10.2. The molecule has 1 aromatic rings. The first-order chi connectivity index (χ1) is 8.18. The third-order valence-corrected chi connectivity index (χ3v) is 3.98. The number of rotatable bonds is 4. The third-order valence-electron chi connectivity index (χ3n) is 3.01. The maximum Gasteiger partial charge on any atom is 0.193 e. The molecule has 0 saturated heterocycles. The van der Waals surface area contributed by atoms with E-state index in [1.807, 2.05) is 11.3 Å². The molecule has 1 unspecified atom stereocenters. The molecular weight excluding hydrogens is 232 g/mol. The van der Waals surface area contributed by atoms with Crippen LogP contribution in [0.5, 0.6) is 0 Å². The van der Waals surface area contributed by atoms with E-state index < -0.39 is 0 Å². The van der Waals surface area contributed by atoms with Crippen molar-refractivity contribution in [3.8, 4) is 0 Å². The molecule has 2 rings (SSSR count). The number of nitrogens with one attached hydrogen (secondary N) is 1. The molecule has 4 nitrogen and oxygen atoms in total. The predicted octanol–water partition coefficient (Wildman–Crippen LogP) is 1.24. The highest BCUT2D eigenvalue weighted by molar-refractivity contribution is 7.10. The first kappa shape index (κ1) is 12.4. The second-order valence-electron chi connectivity index (χ2n) is 4.50. The Morgan fingerprint density at radius 1 is 1.59 bits per heavy atom. The minimum Gasteiger partial charge on any atom is -0.354 e. The van der Waals surface area contributed by atoms with E-state index in [-0.39, 0.29) is 0 Å². The number of likely N-dealkylation sites (N-methyl/N-ethyl adjacent to an activating group) is 2. The fraction of sp³-hybridized carbons (Fsp3) is 0.583. The number of hydrogen-bond acceptors (Lipinski definition) is 5. The summed E-state index contributed by atoms with van der Waals surface area (Å²) in [6.45, 7) is 2.83. The zero-order valence-electron chi connectivity index (χ0n) is 10.7. The lowest BCUT2D eigenvalue weighted by molar-refractivity contribution is 0.300. The molecule has 5 heteroatoms. The minimum atomic E-state index is 0.409. The topological polar surface area (TPSA) is 30.9 Å². The Kier molecular flexibility index (Phi) is 4.02. The zero-order valence-corrected chi connectivity index (χ0v) is 11.5. The summed E-state index contributed by atoms with van der Waals surface area (Å²) in [6.07, 6.45) is 0. The van der Waals surface area contributed by atoms with Gasteiger partial charge in [0.25, 0.3) is 0 Å². The molecule has 0 spiro atoms. The Morgan fingerprint density at radius 2 is 2.41 bits per heavy atom. The van der Waals surface area contributed by atoms with Gasteiger partial charge in [-0.25, -0.2) is 0 Å². The van der Waals surface area contributed by atoms with Crippen molar-refractivity contribution < 1.29 is 0 Å². The summed E-state index contributed by atoms with van der Waals surface area (Å²) in [6, 6.07) is 4.71. The summed E-state index contributed by atoms with van der Waals surface area (Å²) < 4.78 is 0. The van der Waals surface area contributed by atoms with E-state index in [0.717, 1.165) is 25.6 Å². The van der Waals surface area contributed by atoms with Gasteiger partial charge in [0, 0.05) is 25.0 Å². The summed E-state index contributed by atoms with van der Waals surface area (Å²) in [5.74, 6) is 1.02. The van der Waals surface area contributed by atoms with Crippen LogP contribution in [0.2, 0.25) is 0 Å². The number of thiophene rings is 1. The van der Waals surface area contributed by atoms with Crippen molar-refractivity contribution in [1.82, 2.24) is 15.1 Å². The molecule has 0 amide bonds. The minimum absolute atomic E-state index is 0.409. The van der Waals surface area contributed by atoms with Crippen molar-refractivity contribution in [2.24, 2.45) is 4.99 Å². The van der Waals surface area contributed by atoms with Crippen molar-refractivity contribution in [2.45, 2.75) is 6.04 Å². The van der Waals surface area contributed by atoms with Crippen LogP contribution in [0.3, 0.4) is 0 Å². The summed E-state index contributed by atoms with van der Waals surface area (Å²) in [7, 11) is 6.31. The molecule has 0 radical (unpaired) electrons. The Balaban J connectivity index is 1.95. The molecule has 2 heterocycles. The van der Waals surface area contributed by atoms with Crippen molar-refractivity contribution in [2.75, 3.05) is 40.8 Å². The monoisotopic (exact) mass is 252 g/mol. The average molecular weight is 252 g/mol. The predicted molar refractivity (Wildman–Crippen MR) is 73.7 cm³/mol. The SMILES string of the molecule is CN1CCN=C1NCC(c1cccs1)N(C)C. The van der Waals surface area contributed by atoms with Crippen LogP contribution in [0.15, 0.2) is 22.5 Å². The number of hydrogen-bond donors (Lipinski definition) is 1. The maximum absolute atomic E-state index is 4.45. The second-order valence-corrected chi connectivity index (χ2v) is 5.48. The second kappa shape index (κ2) is 5.51. The maximum atomic E-state index is 4.45. The summed E-state index contributed by atoms with van der Waals surface area (Å²) in [5.41, 5.74) is 0. The van der Waals surface area contributed by atoms with Gasteiger partial charge in [0.15, 0.2) is 5.96 Å². The van der Waals surface area contributed by atoms with Crippen LogP contribution < -0.4 is 5.32 Å². The van der Waals surface area contributed by atoms with E-state index in [9.17, 15) is 0 Å². The van der Waals surface area contributed by atoms with Crippen LogP contribution in [-0.4, -0.2) is 56.5 Å². The van der Waals surface area contributed by atoms with Crippen molar-refractivity contribution in [1.29, 1.82) is 0 Å². The highest BCUT2D eigenvalue weighted by atomic mass is 32.1. The highest BCUT2D eigenvalue weighted by Crippen LogP contribution is 2.22. The van der Waals surface area contributed by atoms with E-state index in [4.69, 9.17) is 0 Å². The first-order valence-corrected chi connectivity index (χ1v) is 6.75. The van der Waals surface area contributed by atoms with Gasteiger partial charge in [-0.1, -0.05) is 6.07 Å².